The quantitative estimate of drug-likeness (QED) is 0.891. The van der Waals surface area contributed by atoms with Gasteiger partial charge in [-0.1, -0.05) is 6.08 Å². The molecule has 132 valence electrons. The number of amides is 2. The number of nitrogens with one attached hydrogen (secondary N) is 1. The summed E-state index contributed by atoms with van der Waals surface area (Å²) in [6, 6.07) is 6.85. The fraction of sp³-hybridized carbons (Fsp3) is 0.286. The van der Waals surface area contributed by atoms with E-state index in [1.165, 1.54) is 5.57 Å². The summed E-state index contributed by atoms with van der Waals surface area (Å²) in [5.74, 6) is 0.483. The van der Waals surface area contributed by atoms with Crippen LogP contribution in [0.25, 0.3) is 0 Å². The summed E-state index contributed by atoms with van der Waals surface area (Å²) >= 11 is 0. The van der Waals surface area contributed by atoms with Crippen molar-refractivity contribution in [3.63, 3.8) is 0 Å². The van der Waals surface area contributed by atoms with E-state index in [0.29, 0.717) is 17.0 Å². The minimum atomic E-state index is -0.317. The van der Waals surface area contributed by atoms with Crippen LogP contribution in [-0.2, 0) is 4.79 Å². The second kappa shape index (κ2) is 6.75. The third-order valence-corrected chi connectivity index (χ3v) is 5.08. The van der Waals surface area contributed by atoms with E-state index >= 15 is 0 Å². The zero-order valence-corrected chi connectivity index (χ0v) is 14.6. The number of rotatable bonds is 2. The molecule has 0 bridgehead atoms. The maximum absolute atomic E-state index is 12.4. The van der Waals surface area contributed by atoms with Gasteiger partial charge in [0.15, 0.2) is 0 Å². The smallest absolute Gasteiger partial charge is 0.277 e. The summed E-state index contributed by atoms with van der Waals surface area (Å²) in [7, 11) is 1.58. The highest BCUT2D eigenvalue weighted by atomic mass is 16.5. The van der Waals surface area contributed by atoms with Crippen LogP contribution in [0.4, 0.5) is 0 Å². The van der Waals surface area contributed by atoms with E-state index < -0.39 is 0 Å². The normalized spacial score (nSPS) is 23.1. The van der Waals surface area contributed by atoms with Crippen molar-refractivity contribution in [1.29, 1.82) is 0 Å². The molecule has 5 heteroatoms. The molecule has 2 amide bonds. The molecular formula is C21H20N2O3. The molecule has 5 nitrogen and oxygen atoms in total. The van der Waals surface area contributed by atoms with Crippen molar-refractivity contribution in [3.8, 4) is 5.75 Å². The molecule has 3 aliphatic rings. The van der Waals surface area contributed by atoms with Gasteiger partial charge in [-0.3, -0.25) is 9.59 Å². The molecule has 1 atom stereocenters. The van der Waals surface area contributed by atoms with Crippen LogP contribution in [0.15, 0.2) is 64.3 Å². The van der Waals surface area contributed by atoms with Crippen LogP contribution in [0.2, 0.25) is 0 Å². The van der Waals surface area contributed by atoms with Gasteiger partial charge in [-0.25, -0.2) is 4.99 Å². The van der Waals surface area contributed by atoms with Crippen molar-refractivity contribution >= 4 is 17.5 Å². The lowest BCUT2D eigenvalue weighted by Crippen LogP contribution is -2.37. The third kappa shape index (κ3) is 3.01. The Balaban J connectivity index is 1.59. The minimum absolute atomic E-state index is 0.00155. The highest BCUT2D eigenvalue weighted by Crippen LogP contribution is 2.38. The summed E-state index contributed by atoms with van der Waals surface area (Å²) in [6.45, 7) is 0. The van der Waals surface area contributed by atoms with E-state index in [2.05, 4.69) is 10.3 Å². The molecule has 1 aromatic rings. The van der Waals surface area contributed by atoms with E-state index in [4.69, 9.17) is 4.74 Å². The van der Waals surface area contributed by atoms with Gasteiger partial charge in [-0.05, 0) is 67.7 Å². The number of carbonyl (C=O) groups excluding carboxylic acids is 2. The van der Waals surface area contributed by atoms with Crippen molar-refractivity contribution in [1.82, 2.24) is 5.32 Å². The molecule has 2 aliphatic carbocycles. The molecule has 1 unspecified atom stereocenters. The maximum Gasteiger partial charge on any atom is 0.277 e. The molecule has 1 heterocycles. The number of benzene rings is 1. The zero-order chi connectivity index (χ0) is 18.1. The van der Waals surface area contributed by atoms with Gasteiger partial charge in [0, 0.05) is 22.8 Å². The molecular weight excluding hydrogens is 328 g/mol. The zero-order valence-electron chi connectivity index (χ0n) is 14.6. The average molecular weight is 348 g/mol. The molecule has 1 N–H and O–H groups in total. The first-order valence-electron chi connectivity index (χ1n) is 8.86. The molecule has 1 aliphatic heterocycles. The van der Waals surface area contributed by atoms with Gasteiger partial charge in [-0.2, -0.15) is 0 Å². The van der Waals surface area contributed by atoms with E-state index in [1.54, 1.807) is 31.4 Å². The van der Waals surface area contributed by atoms with Crippen molar-refractivity contribution in [2.24, 2.45) is 10.9 Å². The lowest BCUT2D eigenvalue weighted by Gasteiger charge is -2.33. The Labute approximate surface area is 152 Å². The Morgan fingerprint density at radius 2 is 1.96 bits per heavy atom. The SMILES string of the molecule is COc1ccc(C(=O)N=C2C=CC3C(=C2)NC(=O)C2=C3CCCC2)cc1. The number of hydrogen-bond donors (Lipinski definition) is 1. The number of carbonyl (C=O) groups is 2. The number of nitrogens with zero attached hydrogens (tertiary/aromatic N) is 1. The van der Waals surface area contributed by atoms with E-state index in [9.17, 15) is 9.59 Å². The highest BCUT2D eigenvalue weighted by Gasteiger charge is 2.33. The largest absolute Gasteiger partial charge is 0.497 e. The summed E-state index contributed by atoms with van der Waals surface area (Å²) in [5.41, 5.74) is 4.04. The van der Waals surface area contributed by atoms with Crippen LogP contribution >= 0.6 is 0 Å². The average Bonchev–Trinajstić information content (AvgIpc) is 2.68. The van der Waals surface area contributed by atoms with Gasteiger partial charge >= 0.3 is 0 Å². The second-order valence-electron chi connectivity index (χ2n) is 6.67. The molecule has 26 heavy (non-hydrogen) atoms. The third-order valence-electron chi connectivity index (χ3n) is 5.08. The van der Waals surface area contributed by atoms with Crippen molar-refractivity contribution in [2.75, 3.05) is 7.11 Å². The fourth-order valence-corrected chi connectivity index (χ4v) is 3.74. The van der Waals surface area contributed by atoms with Crippen LogP contribution in [0, 0.1) is 5.92 Å². The van der Waals surface area contributed by atoms with Crippen LogP contribution < -0.4 is 10.1 Å². The predicted octanol–water partition coefficient (Wildman–Crippen LogP) is 3.35. The van der Waals surface area contributed by atoms with Gasteiger partial charge in [0.25, 0.3) is 11.8 Å². The molecule has 0 spiro atoms. The number of allylic oxidation sites excluding steroid dienone is 3. The van der Waals surface area contributed by atoms with Gasteiger partial charge < -0.3 is 10.1 Å². The van der Waals surface area contributed by atoms with E-state index in [-0.39, 0.29) is 17.7 Å². The first kappa shape index (κ1) is 16.5. The maximum atomic E-state index is 12.4. The van der Waals surface area contributed by atoms with Gasteiger partial charge in [-0.15, -0.1) is 0 Å². The second-order valence-corrected chi connectivity index (χ2v) is 6.67. The highest BCUT2D eigenvalue weighted by molar-refractivity contribution is 6.14. The summed E-state index contributed by atoms with van der Waals surface area (Å²) in [4.78, 5) is 28.9. The van der Waals surface area contributed by atoms with Crippen LogP contribution in [0.1, 0.15) is 36.0 Å². The number of hydrogen-bond acceptors (Lipinski definition) is 3. The topological polar surface area (TPSA) is 67.8 Å². The molecule has 0 aromatic heterocycles. The van der Waals surface area contributed by atoms with Crippen molar-refractivity contribution in [2.45, 2.75) is 25.7 Å². The lowest BCUT2D eigenvalue weighted by molar-refractivity contribution is -0.117. The number of aliphatic imine (C=N–C) groups is 1. The van der Waals surface area contributed by atoms with Gasteiger partial charge in [0.05, 0.1) is 12.8 Å². The predicted molar refractivity (Wildman–Crippen MR) is 99.1 cm³/mol. The van der Waals surface area contributed by atoms with E-state index in [0.717, 1.165) is 37.0 Å². The minimum Gasteiger partial charge on any atom is -0.497 e. The molecule has 1 aromatic carbocycles. The number of methoxy groups -OCH3 is 1. The number of fused-ring (bicyclic) bond motifs is 2. The molecule has 0 fully saturated rings. The summed E-state index contributed by atoms with van der Waals surface area (Å²) in [5, 5.41) is 2.98. The Bertz CT molecular complexity index is 888. The first-order chi connectivity index (χ1) is 12.7. The monoisotopic (exact) mass is 348 g/mol. The lowest BCUT2D eigenvalue weighted by atomic mass is 9.77. The van der Waals surface area contributed by atoms with E-state index in [1.807, 2.05) is 18.2 Å². The van der Waals surface area contributed by atoms with Crippen LogP contribution in [0.5, 0.6) is 5.75 Å². The Morgan fingerprint density at radius 1 is 1.19 bits per heavy atom. The first-order valence-corrected chi connectivity index (χ1v) is 8.86. The Morgan fingerprint density at radius 3 is 2.73 bits per heavy atom. The fourth-order valence-electron chi connectivity index (χ4n) is 3.74. The van der Waals surface area contributed by atoms with Crippen molar-refractivity contribution < 1.29 is 14.3 Å². The number of ether oxygens (including phenoxy) is 1. The molecule has 0 radical (unpaired) electrons. The van der Waals surface area contributed by atoms with Crippen LogP contribution in [-0.4, -0.2) is 24.6 Å². The summed E-state index contributed by atoms with van der Waals surface area (Å²) in [6.07, 6.45) is 9.73. The Kier molecular flexibility index (Phi) is 4.29. The Hall–Kier alpha value is -2.95. The van der Waals surface area contributed by atoms with Crippen molar-refractivity contribution in [3.05, 3.63) is 64.9 Å². The summed E-state index contributed by atoms with van der Waals surface area (Å²) < 4.78 is 5.10. The molecule has 0 saturated heterocycles. The van der Waals surface area contributed by atoms with Gasteiger partial charge in [0.2, 0.25) is 0 Å². The van der Waals surface area contributed by atoms with Crippen LogP contribution in [0.3, 0.4) is 0 Å². The standard InChI is InChI=1S/C21H20N2O3/c1-26-15-9-6-13(7-10-15)20(24)22-14-8-11-17-16-4-2-3-5-18(16)21(25)23-19(17)12-14/h6-12,17H,2-5H2,1H3,(H,23,25). The molecule has 4 rings (SSSR count). The van der Waals surface area contributed by atoms with Gasteiger partial charge in [0.1, 0.15) is 5.75 Å². The molecule has 0 saturated carbocycles.